The molecule has 1 aliphatic rings. The van der Waals surface area contributed by atoms with E-state index < -0.39 is 5.82 Å². The van der Waals surface area contributed by atoms with Crippen molar-refractivity contribution in [2.75, 3.05) is 25.5 Å². The second kappa shape index (κ2) is 5.35. The Labute approximate surface area is 105 Å². The zero-order valence-corrected chi connectivity index (χ0v) is 10.3. The number of hydrogen-bond donors (Lipinski definition) is 2. The Kier molecular flexibility index (Phi) is 3.81. The van der Waals surface area contributed by atoms with Gasteiger partial charge in [-0.15, -0.1) is 0 Å². The Bertz CT molecular complexity index is 451. The van der Waals surface area contributed by atoms with Crippen molar-refractivity contribution >= 4 is 11.6 Å². The molecule has 0 radical (unpaired) electrons. The highest BCUT2D eigenvalue weighted by atomic mass is 19.1. The smallest absolute Gasteiger partial charge is 0.256 e. The van der Waals surface area contributed by atoms with Crippen LogP contribution in [0.5, 0.6) is 0 Å². The number of amides is 1. The SMILES string of the molecule is CNc1c(F)cccc1C(=O)N1CCCC1CO. The fourth-order valence-electron chi connectivity index (χ4n) is 2.40. The van der Waals surface area contributed by atoms with Gasteiger partial charge >= 0.3 is 0 Å². The van der Waals surface area contributed by atoms with Crippen molar-refractivity contribution < 1.29 is 14.3 Å². The van der Waals surface area contributed by atoms with Gasteiger partial charge in [0.1, 0.15) is 5.82 Å². The first-order chi connectivity index (χ1) is 8.69. The van der Waals surface area contributed by atoms with Crippen LogP contribution in [0, 0.1) is 5.82 Å². The number of hydrogen-bond acceptors (Lipinski definition) is 3. The van der Waals surface area contributed by atoms with E-state index in [9.17, 15) is 14.3 Å². The minimum absolute atomic E-state index is 0.0457. The van der Waals surface area contributed by atoms with Crippen molar-refractivity contribution in [2.24, 2.45) is 0 Å². The quantitative estimate of drug-likeness (QED) is 0.856. The number of aliphatic hydroxyl groups excluding tert-OH is 1. The fraction of sp³-hybridized carbons (Fsp3) is 0.462. The van der Waals surface area contributed by atoms with Gasteiger partial charge in [0.25, 0.3) is 5.91 Å². The maximum Gasteiger partial charge on any atom is 0.256 e. The van der Waals surface area contributed by atoms with Crippen LogP contribution in [0.2, 0.25) is 0 Å². The van der Waals surface area contributed by atoms with Gasteiger partial charge in [-0.25, -0.2) is 4.39 Å². The van der Waals surface area contributed by atoms with E-state index in [0.717, 1.165) is 12.8 Å². The van der Waals surface area contributed by atoms with Gasteiger partial charge in [0.15, 0.2) is 0 Å². The number of benzene rings is 1. The average Bonchev–Trinajstić information content (AvgIpc) is 2.85. The topological polar surface area (TPSA) is 52.6 Å². The molecule has 0 aliphatic carbocycles. The average molecular weight is 252 g/mol. The molecule has 0 bridgehead atoms. The Hall–Kier alpha value is -1.62. The summed E-state index contributed by atoms with van der Waals surface area (Å²) in [6.07, 6.45) is 1.67. The van der Waals surface area contributed by atoms with Crippen molar-refractivity contribution in [3.63, 3.8) is 0 Å². The molecule has 1 amide bonds. The molecule has 0 spiro atoms. The van der Waals surface area contributed by atoms with Crippen LogP contribution in [0.1, 0.15) is 23.2 Å². The van der Waals surface area contributed by atoms with Crippen LogP contribution in [0.25, 0.3) is 0 Å². The van der Waals surface area contributed by atoms with Gasteiger partial charge < -0.3 is 15.3 Å². The van der Waals surface area contributed by atoms with Crippen molar-refractivity contribution in [3.8, 4) is 0 Å². The van der Waals surface area contributed by atoms with Gasteiger partial charge in [0.05, 0.1) is 23.9 Å². The summed E-state index contributed by atoms with van der Waals surface area (Å²) in [7, 11) is 1.59. The number of nitrogens with zero attached hydrogens (tertiary/aromatic N) is 1. The second-order valence-corrected chi connectivity index (χ2v) is 4.39. The molecule has 0 saturated carbocycles. The minimum Gasteiger partial charge on any atom is -0.394 e. The Morgan fingerprint density at radius 1 is 1.61 bits per heavy atom. The van der Waals surface area contributed by atoms with Crippen molar-refractivity contribution in [1.82, 2.24) is 4.90 Å². The molecule has 2 rings (SSSR count). The predicted molar refractivity (Wildman–Crippen MR) is 67.1 cm³/mol. The molecule has 4 nitrogen and oxygen atoms in total. The number of carbonyl (C=O) groups is 1. The van der Waals surface area contributed by atoms with Gasteiger partial charge in [-0.1, -0.05) is 6.07 Å². The van der Waals surface area contributed by atoms with E-state index in [1.54, 1.807) is 18.0 Å². The lowest BCUT2D eigenvalue weighted by Gasteiger charge is -2.24. The first-order valence-electron chi connectivity index (χ1n) is 6.07. The van der Waals surface area contributed by atoms with Gasteiger partial charge in [-0.05, 0) is 25.0 Å². The van der Waals surface area contributed by atoms with E-state index in [2.05, 4.69) is 5.32 Å². The van der Waals surface area contributed by atoms with Crippen LogP contribution in [-0.2, 0) is 0 Å². The zero-order chi connectivity index (χ0) is 13.1. The van der Waals surface area contributed by atoms with Gasteiger partial charge in [-0.3, -0.25) is 4.79 Å². The third-order valence-corrected chi connectivity index (χ3v) is 3.34. The third kappa shape index (κ3) is 2.18. The van der Waals surface area contributed by atoms with Crippen LogP contribution in [-0.4, -0.2) is 42.2 Å². The van der Waals surface area contributed by atoms with Crippen molar-refractivity contribution in [1.29, 1.82) is 0 Å². The minimum atomic E-state index is -0.442. The van der Waals surface area contributed by atoms with E-state index in [4.69, 9.17) is 0 Å². The van der Waals surface area contributed by atoms with Crippen LogP contribution in [0.15, 0.2) is 18.2 Å². The zero-order valence-electron chi connectivity index (χ0n) is 10.3. The Balaban J connectivity index is 2.31. The van der Waals surface area contributed by atoms with Gasteiger partial charge in [0.2, 0.25) is 0 Å². The van der Waals surface area contributed by atoms with Crippen LogP contribution in [0.3, 0.4) is 0 Å². The fourth-order valence-corrected chi connectivity index (χ4v) is 2.40. The maximum atomic E-state index is 13.6. The standard InChI is InChI=1S/C13H17FN2O2/c1-15-12-10(5-2-6-11(12)14)13(18)16-7-3-4-9(16)8-17/h2,5-6,9,15,17H,3-4,7-8H2,1H3. The molecule has 0 aromatic heterocycles. The summed E-state index contributed by atoms with van der Waals surface area (Å²) in [5.74, 6) is -0.668. The van der Waals surface area contributed by atoms with Gasteiger partial charge in [0, 0.05) is 13.6 Å². The highest BCUT2D eigenvalue weighted by Crippen LogP contribution is 2.25. The van der Waals surface area contributed by atoms with E-state index in [0.29, 0.717) is 12.1 Å². The molecule has 1 saturated heterocycles. The summed E-state index contributed by atoms with van der Waals surface area (Å²) in [6.45, 7) is 0.569. The summed E-state index contributed by atoms with van der Waals surface area (Å²) < 4.78 is 13.6. The summed E-state index contributed by atoms with van der Waals surface area (Å²) in [5, 5.41) is 11.9. The third-order valence-electron chi connectivity index (χ3n) is 3.34. The largest absolute Gasteiger partial charge is 0.394 e. The molecule has 5 heteroatoms. The van der Waals surface area contributed by atoms with Crippen LogP contribution < -0.4 is 5.32 Å². The summed E-state index contributed by atoms with van der Waals surface area (Å²) in [5.41, 5.74) is 0.531. The first-order valence-corrected chi connectivity index (χ1v) is 6.07. The monoisotopic (exact) mass is 252 g/mol. The molecule has 1 aromatic rings. The highest BCUT2D eigenvalue weighted by molar-refractivity contribution is 6.00. The highest BCUT2D eigenvalue weighted by Gasteiger charge is 2.30. The molecule has 98 valence electrons. The van der Waals surface area contributed by atoms with Gasteiger partial charge in [-0.2, -0.15) is 0 Å². The van der Waals surface area contributed by atoms with Crippen LogP contribution in [0.4, 0.5) is 10.1 Å². The molecular weight excluding hydrogens is 235 g/mol. The predicted octanol–water partition coefficient (Wildman–Crippen LogP) is 1.46. The normalized spacial score (nSPS) is 19.1. The number of halogens is 1. The molecule has 18 heavy (non-hydrogen) atoms. The van der Waals surface area contributed by atoms with E-state index in [-0.39, 0.29) is 24.2 Å². The Morgan fingerprint density at radius 2 is 2.39 bits per heavy atom. The molecule has 1 atom stereocenters. The number of para-hydroxylation sites is 1. The summed E-state index contributed by atoms with van der Waals surface area (Å²) in [6, 6.07) is 4.29. The second-order valence-electron chi connectivity index (χ2n) is 4.39. The van der Waals surface area contributed by atoms with E-state index >= 15 is 0 Å². The number of rotatable bonds is 3. The molecule has 1 unspecified atom stereocenters. The number of carbonyl (C=O) groups excluding carboxylic acids is 1. The number of aliphatic hydroxyl groups is 1. The molecule has 1 aromatic carbocycles. The lowest BCUT2D eigenvalue weighted by Crippen LogP contribution is -2.38. The van der Waals surface area contributed by atoms with E-state index in [1.165, 1.54) is 12.1 Å². The maximum absolute atomic E-state index is 13.6. The lowest BCUT2D eigenvalue weighted by atomic mass is 10.1. The first kappa shape index (κ1) is 12.8. The molecule has 1 fully saturated rings. The van der Waals surface area contributed by atoms with Crippen molar-refractivity contribution in [3.05, 3.63) is 29.6 Å². The summed E-state index contributed by atoms with van der Waals surface area (Å²) in [4.78, 5) is 14.0. The van der Waals surface area contributed by atoms with Crippen LogP contribution >= 0.6 is 0 Å². The number of likely N-dealkylation sites (tertiary alicyclic amines) is 1. The number of nitrogens with one attached hydrogen (secondary N) is 1. The molecular formula is C13H17FN2O2. The van der Waals surface area contributed by atoms with Crippen molar-refractivity contribution in [2.45, 2.75) is 18.9 Å². The number of anilines is 1. The lowest BCUT2D eigenvalue weighted by molar-refractivity contribution is 0.0678. The molecule has 2 N–H and O–H groups in total. The molecule has 1 heterocycles. The molecule has 1 aliphatic heterocycles. The van der Waals surface area contributed by atoms with E-state index in [1.807, 2.05) is 0 Å². The summed E-state index contributed by atoms with van der Waals surface area (Å²) >= 11 is 0. The Morgan fingerprint density at radius 3 is 3.06 bits per heavy atom.